The maximum Gasteiger partial charge on any atom is 0.250 e. The van der Waals surface area contributed by atoms with Crippen molar-refractivity contribution in [1.29, 1.82) is 0 Å². The molecule has 2 rings (SSSR count). The lowest BCUT2D eigenvalue weighted by molar-refractivity contribution is -0.152. The molecule has 4 amide bonds. The molecule has 1 aliphatic heterocycles. The van der Waals surface area contributed by atoms with E-state index in [9.17, 15) is 24.0 Å². The molecule has 0 atom stereocenters. The molecule has 10 heteroatoms. The summed E-state index contributed by atoms with van der Waals surface area (Å²) in [6, 6.07) is 7.08. The van der Waals surface area contributed by atoms with E-state index in [4.69, 9.17) is 4.74 Å². The van der Waals surface area contributed by atoms with Crippen LogP contribution in [-0.2, 0) is 35.1 Å². The number of hydrogen-bond acceptors (Lipinski definition) is 7. The zero-order valence-corrected chi connectivity index (χ0v) is 26.9. The molecule has 3 N–H and O–H groups in total. The van der Waals surface area contributed by atoms with Gasteiger partial charge < -0.3 is 25.5 Å². The summed E-state index contributed by atoms with van der Waals surface area (Å²) in [6.45, 7) is 12.2. The quantitative estimate of drug-likeness (QED) is 0.136. The van der Waals surface area contributed by atoms with Gasteiger partial charge in [-0.1, -0.05) is 71.9 Å². The zero-order chi connectivity index (χ0) is 32.0. The molecule has 0 aliphatic carbocycles. The number of imide groups is 1. The highest BCUT2D eigenvalue weighted by molar-refractivity contribution is 5.99. The summed E-state index contributed by atoms with van der Waals surface area (Å²) in [5.41, 5.74) is 1.55. The van der Waals surface area contributed by atoms with E-state index >= 15 is 0 Å². The highest BCUT2D eigenvalue weighted by atomic mass is 16.5. The van der Waals surface area contributed by atoms with E-state index in [0.29, 0.717) is 31.4 Å². The normalized spacial score (nSPS) is 11.3. The minimum Gasteiger partial charge on any atom is -0.364 e. The van der Waals surface area contributed by atoms with Gasteiger partial charge in [0.1, 0.15) is 19.5 Å². The Balaban J connectivity index is 0. The lowest BCUT2D eigenvalue weighted by Crippen LogP contribution is -2.47. The molecule has 0 spiro atoms. The molecule has 0 unspecified atom stereocenters. The van der Waals surface area contributed by atoms with Crippen LogP contribution in [0.4, 0.5) is 5.69 Å². The Bertz CT molecular complexity index is 855. The third kappa shape index (κ3) is 23.6. The van der Waals surface area contributed by atoms with Crippen LogP contribution in [0.3, 0.4) is 0 Å². The maximum atomic E-state index is 11.8. The van der Waals surface area contributed by atoms with Gasteiger partial charge in [-0.2, -0.15) is 0 Å². The summed E-state index contributed by atoms with van der Waals surface area (Å²) in [4.78, 5) is 56.1. The number of ether oxygens (including phenoxy) is 1. The van der Waals surface area contributed by atoms with E-state index < -0.39 is 0 Å². The third-order valence-corrected chi connectivity index (χ3v) is 5.87. The van der Waals surface area contributed by atoms with Gasteiger partial charge in [-0.15, -0.1) is 0 Å². The van der Waals surface area contributed by atoms with E-state index in [2.05, 4.69) is 29.8 Å². The standard InChI is InChI=1S/C16H18N2O5.C7H15NO.C7H17N.C2H6/c19-9-10-23-11-14(20)17-13-4-1-12(2-5-13)3-6-15(21)18-8-7-16(18)22;1-3-4-5-6-8-7(2)9;1-3-4-5-6-7-8-2;1-2/h1-2,4-5,9H,3,6-8,10-11H2,(H,17,20);3-6H2,1-2H3,(H,8,9);8H,3-7H2,1-2H3;1-2H3. The number of aryl methyl sites for hydroxylation is 1. The third-order valence-electron chi connectivity index (χ3n) is 5.87. The lowest BCUT2D eigenvalue weighted by Gasteiger charge is -2.28. The molecule has 240 valence electrons. The molecule has 1 aromatic rings. The molecule has 1 heterocycles. The molecule has 10 nitrogen and oxygen atoms in total. The molecule has 0 radical (unpaired) electrons. The zero-order valence-electron chi connectivity index (χ0n) is 26.9. The first-order valence-electron chi connectivity index (χ1n) is 15.4. The Hall–Kier alpha value is -3.11. The number of aldehydes is 1. The molecule has 1 saturated heterocycles. The summed E-state index contributed by atoms with van der Waals surface area (Å²) in [7, 11) is 2.01. The van der Waals surface area contributed by atoms with Crippen molar-refractivity contribution in [3.8, 4) is 0 Å². The number of carbonyl (C=O) groups is 5. The minimum absolute atomic E-state index is 0.0751. The summed E-state index contributed by atoms with van der Waals surface area (Å²) < 4.78 is 4.80. The van der Waals surface area contributed by atoms with Crippen LogP contribution in [0.5, 0.6) is 0 Å². The predicted molar refractivity (Wildman–Crippen MR) is 169 cm³/mol. The fourth-order valence-corrected chi connectivity index (χ4v) is 3.48. The first-order chi connectivity index (χ1) is 20.3. The van der Waals surface area contributed by atoms with Gasteiger partial charge >= 0.3 is 0 Å². The number of carbonyl (C=O) groups excluding carboxylic acids is 5. The number of nitrogens with one attached hydrogen (secondary N) is 3. The predicted octanol–water partition coefficient (Wildman–Crippen LogP) is 4.66. The van der Waals surface area contributed by atoms with Crippen molar-refractivity contribution in [2.45, 2.75) is 98.8 Å². The number of benzene rings is 1. The van der Waals surface area contributed by atoms with Gasteiger partial charge in [0.25, 0.3) is 0 Å². The Kier molecular flexibility index (Phi) is 28.7. The van der Waals surface area contributed by atoms with Crippen LogP contribution in [0.25, 0.3) is 0 Å². The molecule has 1 fully saturated rings. The Morgan fingerprint density at radius 3 is 2.07 bits per heavy atom. The van der Waals surface area contributed by atoms with Crippen LogP contribution in [0.1, 0.15) is 98.0 Å². The van der Waals surface area contributed by atoms with Crippen molar-refractivity contribution in [2.24, 2.45) is 0 Å². The second-order valence-corrected chi connectivity index (χ2v) is 9.47. The fourth-order valence-electron chi connectivity index (χ4n) is 3.48. The van der Waals surface area contributed by atoms with Gasteiger partial charge in [0.05, 0.1) is 0 Å². The van der Waals surface area contributed by atoms with E-state index in [0.717, 1.165) is 18.5 Å². The van der Waals surface area contributed by atoms with Crippen molar-refractivity contribution in [3.05, 3.63) is 29.8 Å². The number of rotatable bonds is 17. The van der Waals surface area contributed by atoms with Gasteiger partial charge in [0.15, 0.2) is 0 Å². The molecule has 0 bridgehead atoms. The van der Waals surface area contributed by atoms with Crippen molar-refractivity contribution in [3.63, 3.8) is 0 Å². The number of anilines is 1. The van der Waals surface area contributed by atoms with Crippen molar-refractivity contribution < 1.29 is 28.7 Å². The highest BCUT2D eigenvalue weighted by Crippen LogP contribution is 2.14. The minimum atomic E-state index is -0.342. The average molecular weight is 593 g/mol. The SMILES string of the molecule is CC.CCCCCCNC.CCCCCNC(C)=O.O=CCOCC(=O)Nc1ccc(CCC(=O)N2CCC2=O)cc1. The lowest BCUT2D eigenvalue weighted by atomic mass is 10.1. The largest absolute Gasteiger partial charge is 0.364 e. The average Bonchev–Trinajstić information content (AvgIpc) is 2.98. The van der Waals surface area contributed by atoms with Crippen LogP contribution >= 0.6 is 0 Å². The van der Waals surface area contributed by atoms with Crippen LogP contribution in [0, 0.1) is 0 Å². The topological polar surface area (TPSA) is 134 Å². The van der Waals surface area contributed by atoms with E-state index in [1.54, 1.807) is 19.1 Å². The summed E-state index contributed by atoms with van der Waals surface area (Å²) in [5, 5.41) is 8.50. The van der Waals surface area contributed by atoms with E-state index in [1.807, 2.05) is 33.0 Å². The molecule has 42 heavy (non-hydrogen) atoms. The van der Waals surface area contributed by atoms with E-state index in [-0.39, 0.29) is 43.3 Å². The van der Waals surface area contributed by atoms with Gasteiger partial charge in [0, 0.05) is 38.5 Å². The fraction of sp³-hybridized carbons (Fsp3) is 0.656. The Labute approximate surface area is 253 Å². The monoisotopic (exact) mass is 592 g/mol. The maximum absolute atomic E-state index is 11.8. The molecule has 1 aliphatic rings. The second-order valence-electron chi connectivity index (χ2n) is 9.47. The van der Waals surface area contributed by atoms with Crippen LogP contribution < -0.4 is 16.0 Å². The van der Waals surface area contributed by atoms with Crippen molar-refractivity contribution in [1.82, 2.24) is 15.5 Å². The number of unbranched alkanes of at least 4 members (excludes halogenated alkanes) is 5. The highest BCUT2D eigenvalue weighted by Gasteiger charge is 2.29. The van der Waals surface area contributed by atoms with Crippen LogP contribution in [0.2, 0.25) is 0 Å². The molecular formula is C32H56N4O6. The summed E-state index contributed by atoms with van der Waals surface area (Å²) in [5.74, 6) is -0.520. The van der Waals surface area contributed by atoms with Gasteiger partial charge in [-0.05, 0) is 50.6 Å². The van der Waals surface area contributed by atoms with E-state index in [1.165, 1.54) is 50.0 Å². The first-order valence-corrected chi connectivity index (χ1v) is 15.4. The number of nitrogens with zero attached hydrogens (tertiary/aromatic N) is 1. The second kappa shape index (κ2) is 29.4. The summed E-state index contributed by atoms with van der Waals surface area (Å²) in [6.07, 6.45) is 10.8. The summed E-state index contributed by atoms with van der Waals surface area (Å²) >= 11 is 0. The smallest absolute Gasteiger partial charge is 0.250 e. The van der Waals surface area contributed by atoms with Gasteiger partial charge in [-0.25, -0.2) is 0 Å². The molecule has 0 aromatic heterocycles. The molecular weight excluding hydrogens is 536 g/mol. The number of amides is 4. The molecule has 1 aromatic carbocycles. The first kappa shape index (κ1) is 41.0. The Morgan fingerprint density at radius 1 is 0.952 bits per heavy atom. The number of hydrogen-bond donors (Lipinski definition) is 3. The number of likely N-dealkylation sites (tertiary alicyclic amines) is 1. The van der Waals surface area contributed by atoms with Crippen molar-refractivity contribution in [2.75, 3.05) is 45.2 Å². The van der Waals surface area contributed by atoms with Crippen LogP contribution in [0.15, 0.2) is 24.3 Å². The molecule has 0 saturated carbocycles. The van der Waals surface area contributed by atoms with Gasteiger partial charge in [0.2, 0.25) is 23.6 Å². The van der Waals surface area contributed by atoms with Crippen LogP contribution in [-0.4, -0.2) is 74.7 Å². The van der Waals surface area contributed by atoms with Gasteiger partial charge in [-0.3, -0.25) is 24.1 Å². The number of β-lactam (4-membered cyclic amide) rings is 1. The Morgan fingerprint density at radius 2 is 1.57 bits per heavy atom. The van der Waals surface area contributed by atoms with Crippen molar-refractivity contribution >= 4 is 35.6 Å².